The molecule has 0 spiro atoms. The maximum Gasteiger partial charge on any atom is 0.252 e. The van der Waals surface area contributed by atoms with Crippen molar-refractivity contribution in [2.24, 2.45) is 5.10 Å². The first-order chi connectivity index (χ1) is 12.7. The van der Waals surface area contributed by atoms with E-state index < -0.39 is 0 Å². The zero-order valence-corrected chi connectivity index (χ0v) is 14.2. The number of fused-ring (bicyclic) bond motifs is 1. The normalized spacial score (nSPS) is 11.3. The minimum absolute atomic E-state index is 0.236. The summed E-state index contributed by atoms with van der Waals surface area (Å²) in [5.74, 6) is 0.296. The van der Waals surface area contributed by atoms with Crippen LogP contribution in [0.5, 0.6) is 0 Å². The van der Waals surface area contributed by atoms with E-state index in [0.717, 1.165) is 27.7 Å². The van der Waals surface area contributed by atoms with Gasteiger partial charge in [-0.05, 0) is 13.0 Å². The fourth-order valence-electron chi connectivity index (χ4n) is 2.89. The monoisotopic (exact) mass is 343 g/mol. The minimum atomic E-state index is -0.236. The van der Waals surface area contributed by atoms with E-state index in [1.54, 1.807) is 6.21 Å². The molecule has 128 valence electrons. The van der Waals surface area contributed by atoms with E-state index in [-0.39, 0.29) is 5.56 Å². The molecule has 0 aliphatic carbocycles. The van der Waals surface area contributed by atoms with Crippen LogP contribution in [0.15, 0.2) is 70.6 Å². The highest BCUT2D eigenvalue weighted by atomic mass is 16.1. The summed E-state index contributed by atoms with van der Waals surface area (Å²) < 4.78 is 0. The Labute approximate surface area is 149 Å². The van der Waals surface area contributed by atoms with E-state index in [9.17, 15) is 4.79 Å². The van der Waals surface area contributed by atoms with Crippen molar-refractivity contribution in [3.63, 3.8) is 0 Å². The van der Waals surface area contributed by atoms with Gasteiger partial charge < -0.3 is 4.98 Å². The second-order valence-corrected chi connectivity index (χ2v) is 5.92. The number of nitrogens with zero attached hydrogens (tertiary/aromatic N) is 2. The molecule has 6 nitrogen and oxygen atoms in total. The number of para-hydroxylation sites is 1. The third kappa shape index (κ3) is 3.12. The Morgan fingerprint density at radius 3 is 2.65 bits per heavy atom. The number of anilines is 1. The molecule has 0 radical (unpaired) electrons. The van der Waals surface area contributed by atoms with Gasteiger partial charge in [0.2, 0.25) is 5.95 Å². The Morgan fingerprint density at radius 2 is 1.81 bits per heavy atom. The molecule has 0 saturated carbocycles. The molecule has 0 fully saturated rings. The molecule has 2 aromatic carbocycles. The first-order valence-electron chi connectivity index (χ1n) is 8.24. The van der Waals surface area contributed by atoms with Gasteiger partial charge in [-0.25, -0.2) is 10.4 Å². The maximum absolute atomic E-state index is 11.9. The molecule has 2 heterocycles. The van der Waals surface area contributed by atoms with Gasteiger partial charge in [-0.15, -0.1) is 0 Å². The highest BCUT2D eigenvalue weighted by molar-refractivity contribution is 6.00. The Balaban J connectivity index is 1.62. The largest absolute Gasteiger partial charge is 0.358 e. The Morgan fingerprint density at radius 1 is 1.04 bits per heavy atom. The molecule has 0 bridgehead atoms. The average molecular weight is 343 g/mol. The fraction of sp³-hybridized carbons (Fsp3) is 0.0500. The van der Waals surface area contributed by atoms with Gasteiger partial charge >= 0.3 is 0 Å². The van der Waals surface area contributed by atoms with Crippen molar-refractivity contribution in [3.8, 4) is 11.3 Å². The number of rotatable bonds is 4. The molecule has 26 heavy (non-hydrogen) atoms. The quantitative estimate of drug-likeness (QED) is 0.390. The fourth-order valence-corrected chi connectivity index (χ4v) is 2.89. The van der Waals surface area contributed by atoms with Crippen LogP contribution in [-0.4, -0.2) is 21.2 Å². The summed E-state index contributed by atoms with van der Waals surface area (Å²) in [7, 11) is 0. The molecular weight excluding hydrogens is 326 g/mol. The summed E-state index contributed by atoms with van der Waals surface area (Å²) in [5, 5.41) is 5.34. The lowest BCUT2D eigenvalue weighted by Crippen LogP contribution is -2.10. The molecule has 0 amide bonds. The lowest BCUT2D eigenvalue weighted by molar-refractivity contribution is 1.09. The molecule has 0 aliphatic heterocycles. The summed E-state index contributed by atoms with van der Waals surface area (Å²) in [6, 6.07) is 19.0. The van der Waals surface area contributed by atoms with Crippen molar-refractivity contribution in [2.45, 2.75) is 6.92 Å². The van der Waals surface area contributed by atoms with Gasteiger partial charge in [0.1, 0.15) is 0 Å². The van der Waals surface area contributed by atoms with E-state index in [0.29, 0.717) is 11.6 Å². The van der Waals surface area contributed by atoms with Crippen LogP contribution in [0.4, 0.5) is 5.95 Å². The molecule has 0 atom stereocenters. The summed E-state index contributed by atoms with van der Waals surface area (Å²) in [4.78, 5) is 22.3. The minimum Gasteiger partial charge on any atom is -0.358 e. The van der Waals surface area contributed by atoms with E-state index in [4.69, 9.17) is 0 Å². The van der Waals surface area contributed by atoms with E-state index in [1.807, 2.05) is 61.5 Å². The number of aromatic nitrogens is 3. The number of benzene rings is 2. The predicted molar refractivity (Wildman–Crippen MR) is 105 cm³/mol. The standard InChI is InChI=1S/C20H17N5O/c1-13-16(15-9-5-6-10-17(15)22-13)12-21-25-20-23-18(11-19(26)24-20)14-7-3-2-4-8-14/h2-12,22H,1H3,(H2,23,24,25,26)/b21-12-. The number of hydrogen-bond acceptors (Lipinski definition) is 4. The van der Waals surface area contributed by atoms with Crippen LogP contribution in [0.3, 0.4) is 0 Å². The zero-order chi connectivity index (χ0) is 17.9. The van der Waals surface area contributed by atoms with Crippen LogP contribution in [0.2, 0.25) is 0 Å². The van der Waals surface area contributed by atoms with Crippen LogP contribution < -0.4 is 11.0 Å². The molecule has 4 aromatic rings. The van der Waals surface area contributed by atoms with E-state index in [1.165, 1.54) is 6.07 Å². The number of hydrazone groups is 1. The van der Waals surface area contributed by atoms with Gasteiger partial charge in [0, 0.05) is 33.8 Å². The summed E-state index contributed by atoms with van der Waals surface area (Å²) in [5.41, 5.74) is 7.12. The number of H-pyrrole nitrogens is 2. The van der Waals surface area contributed by atoms with E-state index in [2.05, 4.69) is 25.5 Å². The van der Waals surface area contributed by atoms with Crippen LogP contribution in [0.1, 0.15) is 11.3 Å². The lowest BCUT2D eigenvalue weighted by Gasteiger charge is -2.03. The Kier molecular flexibility index (Phi) is 4.07. The molecule has 0 unspecified atom stereocenters. The lowest BCUT2D eigenvalue weighted by atomic mass is 10.1. The second-order valence-electron chi connectivity index (χ2n) is 5.92. The van der Waals surface area contributed by atoms with Crippen molar-refractivity contribution >= 4 is 23.1 Å². The molecule has 0 aliphatic rings. The molecule has 6 heteroatoms. The molecule has 2 aromatic heterocycles. The first kappa shape index (κ1) is 15.8. The van der Waals surface area contributed by atoms with Crippen molar-refractivity contribution in [1.29, 1.82) is 0 Å². The second kappa shape index (κ2) is 6.68. The first-order valence-corrected chi connectivity index (χ1v) is 8.24. The molecule has 3 N–H and O–H groups in total. The van der Waals surface area contributed by atoms with Gasteiger partial charge in [-0.2, -0.15) is 5.10 Å². The van der Waals surface area contributed by atoms with Crippen LogP contribution in [-0.2, 0) is 0 Å². The van der Waals surface area contributed by atoms with Gasteiger partial charge in [-0.1, -0.05) is 48.5 Å². The summed E-state index contributed by atoms with van der Waals surface area (Å²) in [6.45, 7) is 2.00. The van der Waals surface area contributed by atoms with Gasteiger partial charge in [0.25, 0.3) is 5.56 Å². The number of aryl methyl sites for hydroxylation is 1. The van der Waals surface area contributed by atoms with Crippen molar-refractivity contribution in [2.75, 3.05) is 5.43 Å². The van der Waals surface area contributed by atoms with Gasteiger partial charge in [-0.3, -0.25) is 9.78 Å². The third-order valence-electron chi connectivity index (χ3n) is 4.12. The topological polar surface area (TPSA) is 85.9 Å². The van der Waals surface area contributed by atoms with Crippen LogP contribution in [0, 0.1) is 6.92 Å². The van der Waals surface area contributed by atoms with Crippen molar-refractivity contribution < 1.29 is 0 Å². The highest BCUT2D eigenvalue weighted by Gasteiger charge is 2.06. The zero-order valence-electron chi connectivity index (χ0n) is 14.2. The maximum atomic E-state index is 11.9. The molecule has 0 saturated heterocycles. The number of hydrogen-bond donors (Lipinski definition) is 3. The van der Waals surface area contributed by atoms with Crippen molar-refractivity contribution in [3.05, 3.63) is 82.3 Å². The number of nitrogens with one attached hydrogen (secondary N) is 3. The van der Waals surface area contributed by atoms with Gasteiger partial charge in [0.15, 0.2) is 0 Å². The molecular formula is C20H17N5O. The average Bonchev–Trinajstić information content (AvgIpc) is 2.98. The highest BCUT2D eigenvalue weighted by Crippen LogP contribution is 2.20. The van der Waals surface area contributed by atoms with Crippen molar-refractivity contribution in [1.82, 2.24) is 15.0 Å². The van der Waals surface area contributed by atoms with Crippen LogP contribution >= 0.6 is 0 Å². The Hall–Kier alpha value is -3.67. The smallest absolute Gasteiger partial charge is 0.252 e. The predicted octanol–water partition coefficient (Wildman–Crippen LogP) is 3.67. The molecule has 4 rings (SSSR count). The third-order valence-corrected chi connectivity index (χ3v) is 4.12. The van der Waals surface area contributed by atoms with Gasteiger partial charge in [0.05, 0.1) is 11.9 Å². The summed E-state index contributed by atoms with van der Waals surface area (Å²) >= 11 is 0. The van der Waals surface area contributed by atoms with E-state index >= 15 is 0 Å². The summed E-state index contributed by atoms with van der Waals surface area (Å²) in [6.07, 6.45) is 1.73. The Bertz CT molecular complexity index is 1140. The van der Waals surface area contributed by atoms with Crippen LogP contribution in [0.25, 0.3) is 22.2 Å². The number of aromatic amines is 2. The SMILES string of the molecule is Cc1[nH]c2ccccc2c1/C=N\Nc1nc(-c2ccccc2)cc(=O)[nH]1.